The van der Waals surface area contributed by atoms with Crippen LogP contribution in [0.4, 0.5) is 0 Å². The summed E-state index contributed by atoms with van der Waals surface area (Å²) in [6.45, 7) is 15.1. The van der Waals surface area contributed by atoms with Crippen molar-refractivity contribution in [2.75, 3.05) is 0 Å². The SMILES string of the molecule is CC(C)P(=O)(O)C(C)C.CC(C)P(O)(=S)C(C)C. The van der Waals surface area contributed by atoms with Crippen molar-refractivity contribution in [3.63, 3.8) is 0 Å². The topological polar surface area (TPSA) is 57.5 Å². The molecule has 0 rings (SSSR count). The molecule has 18 heavy (non-hydrogen) atoms. The molecule has 0 aromatic heterocycles. The van der Waals surface area contributed by atoms with E-state index in [-0.39, 0.29) is 22.6 Å². The van der Waals surface area contributed by atoms with Gasteiger partial charge in [-0.05, 0) is 0 Å². The van der Waals surface area contributed by atoms with E-state index in [2.05, 4.69) is 0 Å². The molecule has 0 amide bonds. The van der Waals surface area contributed by atoms with Gasteiger partial charge >= 0.3 is 0 Å². The first-order valence-corrected chi connectivity index (χ1v) is 11.1. The van der Waals surface area contributed by atoms with Crippen molar-refractivity contribution in [2.24, 2.45) is 0 Å². The lowest BCUT2D eigenvalue weighted by atomic mass is 10.5. The van der Waals surface area contributed by atoms with Crippen LogP contribution in [0, 0.1) is 0 Å². The predicted octanol–water partition coefficient (Wildman–Crippen LogP) is 4.26. The van der Waals surface area contributed by atoms with E-state index in [9.17, 15) is 14.4 Å². The quantitative estimate of drug-likeness (QED) is 0.761. The third-order valence-electron chi connectivity index (χ3n) is 2.96. The third-order valence-corrected chi connectivity index (χ3v) is 11.4. The lowest BCUT2D eigenvalue weighted by Gasteiger charge is -2.23. The zero-order valence-corrected chi connectivity index (χ0v) is 15.5. The fourth-order valence-corrected chi connectivity index (χ4v) is 3.58. The minimum Gasteiger partial charge on any atom is -0.365 e. The van der Waals surface area contributed by atoms with Crippen molar-refractivity contribution in [3.8, 4) is 0 Å². The second kappa shape index (κ2) is 8.17. The molecule has 0 atom stereocenters. The molecule has 0 radical (unpaired) electrons. The van der Waals surface area contributed by atoms with Gasteiger partial charge in [0, 0.05) is 22.6 Å². The van der Waals surface area contributed by atoms with Gasteiger partial charge in [-0.2, -0.15) is 0 Å². The highest BCUT2D eigenvalue weighted by atomic mass is 32.4. The first-order chi connectivity index (χ1) is 7.77. The van der Waals surface area contributed by atoms with Crippen LogP contribution >= 0.6 is 13.6 Å². The van der Waals surface area contributed by atoms with Crippen LogP contribution in [0.5, 0.6) is 0 Å². The Labute approximate surface area is 118 Å². The Morgan fingerprint density at radius 1 is 0.722 bits per heavy atom. The minimum atomic E-state index is -2.84. The van der Waals surface area contributed by atoms with Crippen molar-refractivity contribution in [1.82, 2.24) is 0 Å². The van der Waals surface area contributed by atoms with Gasteiger partial charge in [0.1, 0.15) is 0 Å². The highest BCUT2D eigenvalue weighted by Gasteiger charge is 2.26. The first-order valence-electron chi connectivity index (χ1n) is 6.42. The van der Waals surface area contributed by atoms with Crippen molar-refractivity contribution in [1.29, 1.82) is 0 Å². The van der Waals surface area contributed by atoms with E-state index in [4.69, 9.17) is 11.8 Å². The molecule has 0 heterocycles. The molecule has 0 aliphatic rings. The maximum Gasteiger partial charge on any atom is 0.205 e. The van der Waals surface area contributed by atoms with Crippen LogP contribution in [0.3, 0.4) is 0 Å². The Bertz CT molecular complexity index is 269. The molecule has 3 nitrogen and oxygen atoms in total. The van der Waals surface area contributed by atoms with Gasteiger partial charge in [-0.1, -0.05) is 67.2 Å². The van der Waals surface area contributed by atoms with Crippen LogP contribution in [0.15, 0.2) is 0 Å². The molecule has 0 aromatic rings. The standard InChI is InChI=1S/C6H15O2P.C6H15OPS/c1-5(2)9(7,8)6(3)4;1-5(2)8(7,9)6(3)4/h5-6H,1-4H3,(H,7,8);5-6H,1-4H3,(H,7,9). The number of rotatable bonds is 4. The average Bonchev–Trinajstić information content (AvgIpc) is 2.17. The van der Waals surface area contributed by atoms with Crippen LogP contribution in [0.1, 0.15) is 55.4 Å². The number of hydrogen-bond donors (Lipinski definition) is 2. The lowest BCUT2D eigenvalue weighted by Crippen LogP contribution is -2.06. The summed E-state index contributed by atoms with van der Waals surface area (Å²) in [6.07, 6.45) is -2.00. The van der Waals surface area contributed by atoms with E-state index >= 15 is 0 Å². The molecule has 0 saturated carbocycles. The molecule has 2 N–H and O–H groups in total. The van der Waals surface area contributed by atoms with Crippen LogP contribution < -0.4 is 0 Å². The van der Waals surface area contributed by atoms with Crippen LogP contribution in [-0.2, 0) is 16.4 Å². The Morgan fingerprint density at radius 2 is 0.944 bits per heavy atom. The van der Waals surface area contributed by atoms with Gasteiger partial charge in [0.15, 0.2) is 0 Å². The Balaban J connectivity index is 0. The Hall–Kier alpha value is 0.800. The summed E-state index contributed by atoms with van der Waals surface area (Å²) in [5.74, 6) is 0. The highest BCUT2D eigenvalue weighted by molar-refractivity contribution is 8.12. The smallest absolute Gasteiger partial charge is 0.205 e. The van der Waals surface area contributed by atoms with Gasteiger partial charge in [-0.3, -0.25) is 4.57 Å². The fraction of sp³-hybridized carbons (Fsp3) is 1.00. The molecule has 6 heteroatoms. The van der Waals surface area contributed by atoms with Gasteiger partial charge < -0.3 is 9.79 Å². The van der Waals surface area contributed by atoms with Crippen molar-refractivity contribution < 1.29 is 14.4 Å². The lowest BCUT2D eigenvalue weighted by molar-refractivity contribution is 0.459. The summed E-state index contributed by atoms with van der Waals surface area (Å²) in [5.41, 5.74) is 0.343. The van der Waals surface area contributed by atoms with Gasteiger partial charge in [-0.25, -0.2) is 0 Å². The van der Waals surface area contributed by atoms with E-state index in [0.717, 1.165) is 0 Å². The monoisotopic (exact) mass is 316 g/mol. The van der Waals surface area contributed by atoms with Crippen molar-refractivity contribution >= 4 is 25.4 Å². The second-order valence-electron chi connectivity index (χ2n) is 5.72. The molecule has 0 saturated heterocycles. The Kier molecular flexibility index (Phi) is 9.58. The molecule has 112 valence electrons. The molecule has 0 aliphatic heterocycles. The highest BCUT2D eigenvalue weighted by Crippen LogP contribution is 2.51. The summed E-state index contributed by atoms with van der Waals surface area (Å²) in [7, 11) is -2.84. The molecular weight excluding hydrogens is 286 g/mol. The van der Waals surface area contributed by atoms with Gasteiger partial charge in [0.05, 0.1) is 6.26 Å². The van der Waals surface area contributed by atoms with Crippen LogP contribution in [0.25, 0.3) is 0 Å². The van der Waals surface area contributed by atoms with E-state index in [0.29, 0.717) is 0 Å². The fourth-order valence-electron chi connectivity index (χ4n) is 1.19. The zero-order valence-electron chi connectivity index (χ0n) is 12.9. The summed E-state index contributed by atoms with van der Waals surface area (Å²) in [4.78, 5) is 18.8. The van der Waals surface area contributed by atoms with Crippen molar-refractivity contribution in [2.45, 2.75) is 78.0 Å². The van der Waals surface area contributed by atoms with Crippen molar-refractivity contribution in [3.05, 3.63) is 0 Å². The van der Waals surface area contributed by atoms with Gasteiger partial charge in [0.25, 0.3) is 0 Å². The normalized spacial score (nSPS) is 13.2. The van der Waals surface area contributed by atoms with E-state index in [1.54, 1.807) is 27.7 Å². The third kappa shape index (κ3) is 6.82. The van der Waals surface area contributed by atoms with Gasteiger partial charge in [0.2, 0.25) is 7.37 Å². The summed E-state index contributed by atoms with van der Waals surface area (Å²) in [5, 5.41) is 0. The van der Waals surface area contributed by atoms with Gasteiger partial charge in [-0.15, -0.1) is 0 Å². The summed E-state index contributed by atoms with van der Waals surface area (Å²) < 4.78 is 11.2. The summed E-state index contributed by atoms with van der Waals surface area (Å²) >= 11 is 5.06. The predicted molar refractivity (Wildman–Crippen MR) is 86.9 cm³/mol. The molecule has 0 bridgehead atoms. The Morgan fingerprint density at radius 3 is 0.944 bits per heavy atom. The molecule has 0 aliphatic carbocycles. The largest absolute Gasteiger partial charge is 0.365 e. The van der Waals surface area contributed by atoms with E-state index in [1.807, 2.05) is 27.7 Å². The zero-order chi connectivity index (χ0) is 15.3. The second-order valence-corrected chi connectivity index (χ2v) is 14.3. The molecular formula is C12H30O3P2S. The van der Waals surface area contributed by atoms with Crippen LogP contribution in [0.2, 0.25) is 0 Å². The van der Waals surface area contributed by atoms with E-state index < -0.39 is 13.6 Å². The molecule has 0 fully saturated rings. The van der Waals surface area contributed by atoms with Crippen LogP contribution in [-0.4, -0.2) is 32.4 Å². The molecule has 0 spiro atoms. The molecule has 0 aromatic carbocycles. The maximum absolute atomic E-state index is 11.2. The maximum atomic E-state index is 11.2. The first kappa shape index (κ1) is 21.1. The average molecular weight is 316 g/mol. The summed E-state index contributed by atoms with van der Waals surface area (Å²) in [6, 6.07) is 0. The van der Waals surface area contributed by atoms with E-state index in [1.165, 1.54) is 0 Å². The number of hydrogen-bond acceptors (Lipinski definition) is 2. The minimum absolute atomic E-state index is 0.0995. The molecule has 0 unspecified atom stereocenters.